The molecule has 1 N–H and O–H groups in total. The third kappa shape index (κ3) is 4.23. The molecule has 0 heterocycles. The number of nitrogens with one attached hydrogen (secondary N) is 1. The molecule has 2 nitrogen and oxygen atoms in total. The summed E-state index contributed by atoms with van der Waals surface area (Å²) in [7, 11) is 1.98. The molecule has 90 valence electrons. The van der Waals surface area contributed by atoms with Gasteiger partial charge in [-0.2, -0.15) is 0 Å². The van der Waals surface area contributed by atoms with Crippen molar-refractivity contribution in [3.8, 4) is 5.75 Å². The van der Waals surface area contributed by atoms with Crippen LogP contribution in [-0.4, -0.2) is 20.2 Å². The van der Waals surface area contributed by atoms with Gasteiger partial charge in [-0.15, -0.1) is 0 Å². The van der Waals surface area contributed by atoms with Crippen molar-refractivity contribution < 1.29 is 4.74 Å². The van der Waals surface area contributed by atoms with Gasteiger partial charge in [-0.25, -0.2) is 0 Å². The molecule has 0 aliphatic carbocycles. The highest BCUT2D eigenvalue weighted by molar-refractivity contribution is 5.35. The molecule has 0 amide bonds. The lowest BCUT2D eigenvalue weighted by atomic mass is 10.0. The Labute approximate surface area is 99.0 Å². The summed E-state index contributed by atoms with van der Waals surface area (Å²) in [5.41, 5.74) is 1.30. The molecule has 1 rings (SSSR count). The Morgan fingerprint density at radius 1 is 1.19 bits per heavy atom. The summed E-state index contributed by atoms with van der Waals surface area (Å²) in [6.45, 7) is 6.27. The van der Waals surface area contributed by atoms with Crippen LogP contribution in [0.3, 0.4) is 0 Å². The van der Waals surface area contributed by atoms with Crippen LogP contribution in [0.5, 0.6) is 5.75 Å². The van der Waals surface area contributed by atoms with E-state index in [1.807, 2.05) is 13.1 Å². The van der Waals surface area contributed by atoms with Gasteiger partial charge >= 0.3 is 0 Å². The lowest BCUT2D eigenvalue weighted by Gasteiger charge is -2.13. The van der Waals surface area contributed by atoms with Crippen LogP contribution >= 0.6 is 0 Å². The van der Waals surface area contributed by atoms with Crippen LogP contribution < -0.4 is 10.1 Å². The molecular weight excluding hydrogens is 198 g/mol. The lowest BCUT2D eigenvalue weighted by Crippen LogP contribution is -2.09. The molecule has 0 saturated heterocycles. The second-order valence-corrected chi connectivity index (χ2v) is 4.35. The number of hydrogen-bond acceptors (Lipinski definition) is 2. The Morgan fingerprint density at radius 2 is 1.94 bits per heavy atom. The van der Waals surface area contributed by atoms with Gasteiger partial charge in [0.2, 0.25) is 0 Å². The Bertz CT molecular complexity index is 297. The van der Waals surface area contributed by atoms with Crippen LogP contribution in [0.2, 0.25) is 0 Å². The minimum atomic E-state index is 0.522. The number of para-hydroxylation sites is 1. The minimum Gasteiger partial charge on any atom is -0.493 e. The molecule has 0 radical (unpaired) electrons. The van der Waals surface area contributed by atoms with Crippen molar-refractivity contribution in [2.75, 3.05) is 20.2 Å². The Morgan fingerprint density at radius 3 is 2.62 bits per heavy atom. The third-order valence-electron chi connectivity index (χ3n) is 2.62. The summed E-state index contributed by atoms with van der Waals surface area (Å²) >= 11 is 0. The first-order valence-corrected chi connectivity index (χ1v) is 6.12. The highest BCUT2D eigenvalue weighted by Gasteiger charge is 2.05. The van der Waals surface area contributed by atoms with Crippen molar-refractivity contribution in [3.63, 3.8) is 0 Å². The Balaban J connectivity index is 2.41. The largest absolute Gasteiger partial charge is 0.493 e. The zero-order valence-corrected chi connectivity index (χ0v) is 10.6. The predicted octanol–water partition coefficient (Wildman–Crippen LogP) is 3.19. The topological polar surface area (TPSA) is 21.3 Å². The molecule has 1 aromatic carbocycles. The molecule has 0 fully saturated rings. The first-order valence-electron chi connectivity index (χ1n) is 6.12. The molecule has 0 bridgehead atoms. The van der Waals surface area contributed by atoms with Crippen molar-refractivity contribution in [1.82, 2.24) is 5.32 Å². The van der Waals surface area contributed by atoms with E-state index in [1.165, 1.54) is 12.0 Å². The van der Waals surface area contributed by atoms with E-state index in [9.17, 15) is 0 Å². The first-order chi connectivity index (χ1) is 7.75. The van der Waals surface area contributed by atoms with Gasteiger partial charge in [0, 0.05) is 0 Å². The second kappa shape index (κ2) is 7.29. The van der Waals surface area contributed by atoms with Gasteiger partial charge in [-0.1, -0.05) is 32.0 Å². The number of benzene rings is 1. The quantitative estimate of drug-likeness (QED) is 0.714. The molecule has 0 aliphatic rings. The van der Waals surface area contributed by atoms with Crippen molar-refractivity contribution in [3.05, 3.63) is 29.8 Å². The zero-order valence-electron chi connectivity index (χ0n) is 10.6. The lowest BCUT2D eigenvalue weighted by molar-refractivity contribution is 0.302. The fraction of sp³-hybridized carbons (Fsp3) is 0.571. The summed E-state index contributed by atoms with van der Waals surface area (Å²) < 4.78 is 5.82. The molecule has 1 aromatic rings. The van der Waals surface area contributed by atoms with Gasteiger partial charge in [0.15, 0.2) is 0 Å². The van der Waals surface area contributed by atoms with E-state index in [0.717, 1.165) is 25.3 Å². The van der Waals surface area contributed by atoms with E-state index in [1.54, 1.807) is 0 Å². The average molecular weight is 221 g/mol. The third-order valence-corrected chi connectivity index (χ3v) is 2.62. The van der Waals surface area contributed by atoms with Crippen LogP contribution in [0.15, 0.2) is 24.3 Å². The standard InChI is InChI=1S/C14H23NO/c1-12(2)13-8-4-5-9-14(13)16-11-7-6-10-15-3/h4-5,8-9,12,15H,6-7,10-11H2,1-3H3. The van der Waals surface area contributed by atoms with Gasteiger partial charge in [0.05, 0.1) is 6.61 Å². The summed E-state index contributed by atoms with van der Waals surface area (Å²) in [5.74, 6) is 1.57. The van der Waals surface area contributed by atoms with E-state index < -0.39 is 0 Å². The van der Waals surface area contributed by atoms with Gasteiger partial charge in [-0.05, 0) is 44.0 Å². The smallest absolute Gasteiger partial charge is 0.122 e. The summed E-state index contributed by atoms with van der Waals surface area (Å²) in [5, 5.41) is 3.14. The first kappa shape index (κ1) is 13.0. The van der Waals surface area contributed by atoms with Crippen LogP contribution in [0.1, 0.15) is 38.2 Å². The molecule has 16 heavy (non-hydrogen) atoms. The maximum absolute atomic E-state index is 5.82. The fourth-order valence-corrected chi connectivity index (χ4v) is 1.67. The van der Waals surface area contributed by atoms with E-state index in [2.05, 4.69) is 37.4 Å². The fourth-order valence-electron chi connectivity index (χ4n) is 1.67. The maximum atomic E-state index is 5.82. The molecular formula is C14H23NO. The summed E-state index contributed by atoms with van der Waals surface area (Å²) in [6.07, 6.45) is 2.27. The maximum Gasteiger partial charge on any atom is 0.122 e. The van der Waals surface area contributed by atoms with E-state index >= 15 is 0 Å². The molecule has 0 spiro atoms. The normalized spacial score (nSPS) is 10.8. The number of ether oxygens (including phenoxy) is 1. The zero-order chi connectivity index (χ0) is 11.8. The van der Waals surface area contributed by atoms with Crippen molar-refractivity contribution >= 4 is 0 Å². The van der Waals surface area contributed by atoms with Crippen molar-refractivity contribution in [2.45, 2.75) is 32.6 Å². The van der Waals surface area contributed by atoms with Crippen LogP contribution in [0, 0.1) is 0 Å². The SMILES string of the molecule is CNCCCCOc1ccccc1C(C)C. The van der Waals surface area contributed by atoms with Crippen molar-refractivity contribution in [2.24, 2.45) is 0 Å². The monoisotopic (exact) mass is 221 g/mol. The Hall–Kier alpha value is -1.02. The molecule has 2 heteroatoms. The van der Waals surface area contributed by atoms with E-state index in [0.29, 0.717) is 5.92 Å². The highest BCUT2D eigenvalue weighted by Crippen LogP contribution is 2.25. The molecule has 0 unspecified atom stereocenters. The average Bonchev–Trinajstić information content (AvgIpc) is 2.29. The van der Waals surface area contributed by atoms with Gasteiger partial charge in [-0.3, -0.25) is 0 Å². The van der Waals surface area contributed by atoms with Gasteiger partial charge in [0.1, 0.15) is 5.75 Å². The number of unbranched alkanes of at least 4 members (excludes halogenated alkanes) is 1. The molecule has 0 aliphatic heterocycles. The van der Waals surface area contributed by atoms with Crippen LogP contribution in [0.4, 0.5) is 0 Å². The van der Waals surface area contributed by atoms with Crippen LogP contribution in [-0.2, 0) is 0 Å². The highest BCUT2D eigenvalue weighted by atomic mass is 16.5. The van der Waals surface area contributed by atoms with Gasteiger partial charge in [0.25, 0.3) is 0 Å². The van der Waals surface area contributed by atoms with E-state index in [4.69, 9.17) is 4.74 Å². The van der Waals surface area contributed by atoms with Crippen LogP contribution in [0.25, 0.3) is 0 Å². The summed E-state index contributed by atoms with van der Waals surface area (Å²) in [4.78, 5) is 0. The predicted molar refractivity (Wildman–Crippen MR) is 69.2 cm³/mol. The number of rotatable bonds is 7. The summed E-state index contributed by atoms with van der Waals surface area (Å²) in [6, 6.07) is 8.32. The molecule has 0 atom stereocenters. The second-order valence-electron chi connectivity index (χ2n) is 4.35. The van der Waals surface area contributed by atoms with Gasteiger partial charge < -0.3 is 10.1 Å². The number of hydrogen-bond donors (Lipinski definition) is 1. The van der Waals surface area contributed by atoms with Crippen molar-refractivity contribution in [1.29, 1.82) is 0 Å². The molecule has 0 aromatic heterocycles. The van der Waals surface area contributed by atoms with E-state index in [-0.39, 0.29) is 0 Å². The Kier molecular flexibility index (Phi) is 5.94. The minimum absolute atomic E-state index is 0.522. The molecule has 0 saturated carbocycles.